The molecule has 4 nitrogen and oxygen atoms in total. The van der Waals surface area contributed by atoms with E-state index >= 15 is 0 Å². The molecule has 0 aromatic heterocycles. The van der Waals surface area contributed by atoms with Gasteiger partial charge < -0.3 is 4.79 Å². The van der Waals surface area contributed by atoms with Gasteiger partial charge in [-0.3, -0.25) is 14.5 Å². The number of hydrogen-bond acceptors (Lipinski definition) is 3. The maximum absolute atomic E-state index is 11.9. The van der Waals surface area contributed by atoms with Crippen LogP contribution in [-0.4, -0.2) is 29.0 Å². The van der Waals surface area contributed by atoms with Gasteiger partial charge in [0.15, 0.2) is 0 Å². The molecule has 0 saturated heterocycles. The zero-order chi connectivity index (χ0) is 11.7. The lowest BCUT2D eigenvalue weighted by molar-refractivity contribution is -0.111. The molecular weight excluding hydrogens is 206 g/mol. The summed E-state index contributed by atoms with van der Waals surface area (Å²) in [6, 6.07) is 5.96. The van der Waals surface area contributed by atoms with Crippen molar-refractivity contribution in [1.29, 1.82) is 0 Å². The van der Waals surface area contributed by atoms with E-state index < -0.39 is 6.04 Å². The summed E-state index contributed by atoms with van der Waals surface area (Å²) in [6.07, 6.45) is 1.08. The van der Waals surface area contributed by atoms with Crippen molar-refractivity contribution in [1.82, 2.24) is 4.90 Å². The molecule has 0 N–H and O–H groups in total. The van der Waals surface area contributed by atoms with Crippen molar-refractivity contribution in [3.05, 3.63) is 35.4 Å². The number of imide groups is 1. The molecule has 2 rings (SSSR count). The molecule has 4 heteroatoms. The molecular formula is C12H11NO3. The van der Waals surface area contributed by atoms with Gasteiger partial charge in [0.25, 0.3) is 11.8 Å². The Bertz CT molecular complexity index is 432. The number of carbonyl (C=O) groups excluding carboxylic acids is 3. The summed E-state index contributed by atoms with van der Waals surface area (Å²) in [4.78, 5) is 35.7. The number of amides is 2. The van der Waals surface area contributed by atoms with E-state index in [0.29, 0.717) is 23.8 Å². The second-order valence-corrected chi connectivity index (χ2v) is 3.64. The third kappa shape index (κ3) is 1.34. The predicted molar refractivity (Wildman–Crippen MR) is 57.1 cm³/mol. The van der Waals surface area contributed by atoms with Crippen LogP contribution in [0.1, 0.15) is 34.1 Å². The first-order valence-electron chi connectivity index (χ1n) is 5.13. The second-order valence-electron chi connectivity index (χ2n) is 3.64. The lowest BCUT2D eigenvalue weighted by Gasteiger charge is -2.19. The van der Waals surface area contributed by atoms with E-state index in [1.165, 1.54) is 0 Å². The smallest absolute Gasteiger partial charge is 0.262 e. The Morgan fingerprint density at radius 1 is 1.19 bits per heavy atom. The quantitative estimate of drug-likeness (QED) is 0.565. The summed E-state index contributed by atoms with van der Waals surface area (Å²) in [5.74, 6) is -0.751. The number of benzene rings is 1. The molecule has 16 heavy (non-hydrogen) atoms. The number of nitrogens with zero attached hydrogens (tertiary/aromatic N) is 1. The zero-order valence-electron chi connectivity index (χ0n) is 8.84. The minimum atomic E-state index is -0.660. The van der Waals surface area contributed by atoms with Crippen LogP contribution in [0.3, 0.4) is 0 Å². The molecule has 0 bridgehead atoms. The van der Waals surface area contributed by atoms with Crippen LogP contribution in [0.2, 0.25) is 0 Å². The van der Waals surface area contributed by atoms with Crippen molar-refractivity contribution in [2.24, 2.45) is 0 Å². The largest absolute Gasteiger partial charge is 0.301 e. The van der Waals surface area contributed by atoms with Crippen molar-refractivity contribution < 1.29 is 14.4 Å². The summed E-state index contributed by atoms with van der Waals surface area (Å²) in [5, 5.41) is 0. The first-order chi connectivity index (χ1) is 7.70. The van der Waals surface area contributed by atoms with E-state index in [4.69, 9.17) is 0 Å². The fourth-order valence-corrected chi connectivity index (χ4v) is 1.85. The van der Waals surface area contributed by atoms with Gasteiger partial charge in [0, 0.05) is 0 Å². The van der Waals surface area contributed by atoms with Gasteiger partial charge >= 0.3 is 0 Å². The molecule has 0 saturated carbocycles. The van der Waals surface area contributed by atoms with Crippen LogP contribution in [0.4, 0.5) is 0 Å². The van der Waals surface area contributed by atoms with Gasteiger partial charge in [-0.05, 0) is 18.6 Å². The first-order valence-corrected chi connectivity index (χ1v) is 5.13. The van der Waals surface area contributed by atoms with E-state index in [1.54, 1.807) is 31.2 Å². The number of fused-ring (bicyclic) bond motifs is 1. The monoisotopic (exact) mass is 217 g/mol. The van der Waals surface area contributed by atoms with Crippen LogP contribution in [0.25, 0.3) is 0 Å². The highest BCUT2D eigenvalue weighted by Gasteiger charge is 2.38. The molecule has 2 amide bonds. The van der Waals surface area contributed by atoms with Crippen LogP contribution >= 0.6 is 0 Å². The van der Waals surface area contributed by atoms with Gasteiger partial charge in [0.05, 0.1) is 17.2 Å². The van der Waals surface area contributed by atoms with Crippen molar-refractivity contribution >= 4 is 18.1 Å². The molecule has 0 radical (unpaired) electrons. The summed E-state index contributed by atoms with van der Waals surface area (Å²) >= 11 is 0. The van der Waals surface area contributed by atoms with Crippen LogP contribution in [0.15, 0.2) is 24.3 Å². The summed E-state index contributed by atoms with van der Waals surface area (Å²) in [6.45, 7) is 1.77. The van der Waals surface area contributed by atoms with Gasteiger partial charge in [-0.2, -0.15) is 0 Å². The molecule has 82 valence electrons. The van der Waals surface area contributed by atoms with Crippen molar-refractivity contribution in [2.75, 3.05) is 0 Å². The predicted octanol–water partition coefficient (Wildman–Crippen LogP) is 1.26. The molecule has 1 heterocycles. The molecule has 1 aliphatic rings. The molecule has 0 unspecified atom stereocenters. The number of carbonyl (C=O) groups is 3. The highest BCUT2D eigenvalue weighted by atomic mass is 16.2. The summed E-state index contributed by atoms with van der Waals surface area (Å²) < 4.78 is 0. The molecule has 1 aromatic rings. The normalized spacial score (nSPS) is 16.2. The molecule has 1 atom stereocenters. The Balaban J connectivity index is 2.46. The average molecular weight is 217 g/mol. The number of aldehydes is 1. The van der Waals surface area contributed by atoms with Crippen LogP contribution in [0, 0.1) is 0 Å². The van der Waals surface area contributed by atoms with Crippen molar-refractivity contribution in [3.63, 3.8) is 0 Å². The average Bonchev–Trinajstić information content (AvgIpc) is 2.57. The van der Waals surface area contributed by atoms with E-state index in [-0.39, 0.29) is 11.8 Å². The van der Waals surface area contributed by atoms with E-state index in [0.717, 1.165) is 4.90 Å². The zero-order valence-corrected chi connectivity index (χ0v) is 8.84. The van der Waals surface area contributed by atoms with E-state index in [9.17, 15) is 14.4 Å². The Morgan fingerprint density at radius 2 is 1.69 bits per heavy atom. The summed E-state index contributed by atoms with van der Waals surface area (Å²) in [7, 11) is 0. The lowest BCUT2D eigenvalue weighted by Crippen LogP contribution is -2.40. The lowest BCUT2D eigenvalue weighted by atomic mass is 10.1. The maximum atomic E-state index is 11.9. The number of rotatable bonds is 3. The van der Waals surface area contributed by atoms with Crippen LogP contribution < -0.4 is 0 Å². The van der Waals surface area contributed by atoms with Crippen LogP contribution in [0.5, 0.6) is 0 Å². The minimum Gasteiger partial charge on any atom is -0.301 e. The third-order valence-corrected chi connectivity index (χ3v) is 2.73. The Kier molecular flexibility index (Phi) is 2.56. The van der Waals surface area contributed by atoms with Gasteiger partial charge in [-0.1, -0.05) is 19.1 Å². The fourth-order valence-electron chi connectivity index (χ4n) is 1.85. The van der Waals surface area contributed by atoms with E-state index in [2.05, 4.69) is 0 Å². The highest BCUT2D eigenvalue weighted by molar-refractivity contribution is 6.22. The van der Waals surface area contributed by atoms with Crippen molar-refractivity contribution in [3.8, 4) is 0 Å². The standard InChI is InChI=1S/C12H11NO3/c1-2-8(7-14)13-11(15)9-5-3-4-6-10(9)12(13)16/h3-8H,2H2,1H3/t8-/m1/s1. The van der Waals surface area contributed by atoms with Crippen molar-refractivity contribution in [2.45, 2.75) is 19.4 Å². The number of hydrogen-bond donors (Lipinski definition) is 0. The Labute approximate surface area is 92.9 Å². The van der Waals surface area contributed by atoms with Gasteiger partial charge in [0.1, 0.15) is 6.29 Å². The molecule has 0 spiro atoms. The maximum Gasteiger partial charge on any atom is 0.262 e. The fraction of sp³-hybridized carbons (Fsp3) is 0.250. The SMILES string of the molecule is CC[C@H](C=O)N1C(=O)c2ccccc2C1=O. The van der Waals surface area contributed by atoms with Gasteiger partial charge in [-0.15, -0.1) is 0 Å². The van der Waals surface area contributed by atoms with Gasteiger partial charge in [0.2, 0.25) is 0 Å². The van der Waals surface area contributed by atoms with Crippen LogP contribution in [-0.2, 0) is 4.79 Å². The van der Waals surface area contributed by atoms with Gasteiger partial charge in [-0.25, -0.2) is 0 Å². The minimum absolute atomic E-state index is 0.375. The highest BCUT2D eigenvalue weighted by Crippen LogP contribution is 2.24. The third-order valence-electron chi connectivity index (χ3n) is 2.73. The molecule has 0 fully saturated rings. The van der Waals surface area contributed by atoms with E-state index in [1.807, 2.05) is 0 Å². The first kappa shape index (κ1) is 10.5. The molecule has 0 aliphatic carbocycles. The topological polar surface area (TPSA) is 54.5 Å². The Hall–Kier alpha value is -1.97. The summed E-state index contributed by atoms with van der Waals surface area (Å²) in [5.41, 5.74) is 0.764. The molecule has 1 aliphatic heterocycles. The molecule has 1 aromatic carbocycles. The Morgan fingerprint density at radius 3 is 2.06 bits per heavy atom. The second kappa shape index (κ2) is 3.89.